The summed E-state index contributed by atoms with van der Waals surface area (Å²) in [6.07, 6.45) is 3.04. The van der Waals surface area contributed by atoms with Crippen LogP contribution in [-0.2, 0) is 4.79 Å². The minimum absolute atomic E-state index is 0.112. The highest BCUT2D eigenvalue weighted by molar-refractivity contribution is 5.98. The lowest BCUT2D eigenvalue weighted by Crippen LogP contribution is -2.42. The van der Waals surface area contributed by atoms with E-state index in [1.54, 1.807) is 23.2 Å². The van der Waals surface area contributed by atoms with E-state index in [0.717, 1.165) is 17.3 Å². The van der Waals surface area contributed by atoms with E-state index in [4.69, 9.17) is 5.11 Å². The van der Waals surface area contributed by atoms with Crippen LogP contribution < -0.4 is 0 Å². The number of fused-ring (bicyclic) bond motifs is 1. The Bertz CT molecular complexity index is 664. The molecule has 0 radical (unpaired) electrons. The highest BCUT2D eigenvalue weighted by Gasteiger charge is 2.28. The first kappa shape index (κ1) is 12.7. The van der Waals surface area contributed by atoms with Gasteiger partial charge in [0.05, 0.1) is 17.6 Å². The fourth-order valence-electron chi connectivity index (χ4n) is 2.62. The quantitative estimate of drug-likeness (QED) is 0.868. The lowest BCUT2D eigenvalue weighted by atomic mass is 9.97. The topological polar surface area (TPSA) is 86.3 Å². The first-order chi connectivity index (χ1) is 9.65. The average molecular weight is 273 g/mol. The second-order valence-electron chi connectivity index (χ2n) is 5.10. The molecule has 1 aliphatic rings. The summed E-state index contributed by atoms with van der Waals surface area (Å²) in [6, 6.07) is 5.34. The normalized spacial score (nSPS) is 19.2. The molecule has 104 valence electrons. The third-order valence-electron chi connectivity index (χ3n) is 3.74. The van der Waals surface area contributed by atoms with E-state index in [-0.39, 0.29) is 12.5 Å². The fraction of sp³-hybridized carbons (Fsp3) is 0.357. The largest absolute Gasteiger partial charge is 0.481 e. The summed E-state index contributed by atoms with van der Waals surface area (Å²) >= 11 is 0. The molecule has 6 heteroatoms. The van der Waals surface area contributed by atoms with Crippen LogP contribution in [0.25, 0.3) is 10.9 Å². The number of benzene rings is 1. The Labute approximate surface area is 115 Å². The predicted octanol–water partition coefficient (Wildman–Crippen LogP) is 1.50. The molecule has 2 heterocycles. The number of nitrogens with zero attached hydrogens (tertiary/aromatic N) is 2. The molecule has 0 aliphatic carbocycles. The van der Waals surface area contributed by atoms with Crippen LogP contribution in [-0.4, -0.2) is 45.2 Å². The van der Waals surface area contributed by atoms with Gasteiger partial charge in [-0.25, -0.2) is 0 Å². The van der Waals surface area contributed by atoms with Gasteiger partial charge in [0.15, 0.2) is 0 Å². The van der Waals surface area contributed by atoms with Crippen molar-refractivity contribution in [1.29, 1.82) is 0 Å². The molecule has 20 heavy (non-hydrogen) atoms. The molecule has 0 unspecified atom stereocenters. The van der Waals surface area contributed by atoms with E-state index in [1.165, 1.54) is 0 Å². The zero-order valence-electron chi connectivity index (χ0n) is 10.9. The van der Waals surface area contributed by atoms with Crippen molar-refractivity contribution in [3.8, 4) is 0 Å². The van der Waals surface area contributed by atoms with Crippen LogP contribution in [0.3, 0.4) is 0 Å². The van der Waals surface area contributed by atoms with E-state index < -0.39 is 11.9 Å². The third-order valence-corrected chi connectivity index (χ3v) is 3.74. The number of nitrogens with one attached hydrogen (secondary N) is 1. The zero-order valence-corrected chi connectivity index (χ0v) is 10.9. The number of aromatic amines is 1. The Morgan fingerprint density at radius 1 is 1.40 bits per heavy atom. The number of carbonyl (C=O) groups excluding carboxylic acids is 1. The minimum Gasteiger partial charge on any atom is -0.481 e. The third kappa shape index (κ3) is 2.24. The molecular weight excluding hydrogens is 258 g/mol. The lowest BCUT2D eigenvalue weighted by Gasteiger charge is -2.30. The van der Waals surface area contributed by atoms with Crippen molar-refractivity contribution in [2.24, 2.45) is 5.92 Å². The lowest BCUT2D eigenvalue weighted by molar-refractivity contribution is -0.143. The predicted molar refractivity (Wildman–Crippen MR) is 72.4 cm³/mol. The van der Waals surface area contributed by atoms with Crippen LogP contribution in [0.4, 0.5) is 0 Å². The van der Waals surface area contributed by atoms with E-state index in [1.807, 2.05) is 6.07 Å². The Morgan fingerprint density at radius 3 is 3.05 bits per heavy atom. The summed E-state index contributed by atoms with van der Waals surface area (Å²) in [5, 5.41) is 16.7. The number of hydrogen-bond donors (Lipinski definition) is 2. The van der Waals surface area contributed by atoms with E-state index >= 15 is 0 Å². The summed E-state index contributed by atoms with van der Waals surface area (Å²) in [5.41, 5.74) is 1.45. The van der Waals surface area contributed by atoms with Gasteiger partial charge in [0.1, 0.15) is 0 Å². The molecule has 1 atom stereocenters. The standard InChI is InChI=1S/C14H15N3O3/c18-13(17-5-1-2-10(8-17)14(19)20)9-3-4-12-11(6-9)7-15-16-12/h3-4,6-7,10H,1-2,5,8H2,(H,15,16)(H,19,20)/t10-/m1/s1. The number of aliphatic carboxylic acids is 1. The van der Waals surface area contributed by atoms with Crippen LogP contribution >= 0.6 is 0 Å². The van der Waals surface area contributed by atoms with Gasteiger partial charge in [0.25, 0.3) is 5.91 Å². The first-order valence-corrected chi connectivity index (χ1v) is 6.60. The zero-order chi connectivity index (χ0) is 14.1. The number of rotatable bonds is 2. The van der Waals surface area contributed by atoms with Gasteiger partial charge in [0.2, 0.25) is 0 Å². The molecule has 1 aromatic heterocycles. The van der Waals surface area contributed by atoms with Crippen LogP contribution in [0, 0.1) is 5.92 Å². The molecule has 6 nitrogen and oxygen atoms in total. The Hall–Kier alpha value is -2.37. The van der Waals surface area contributed by atoms with Gasteiger partial charge in [0, 0.05) is 24.0 Å². The minimum atomic E-state index is -0.826. The average Bonchev–Trinajstić information content (AvgIpc) is 2.94. The molecule has 1 amide bonds. The molecule has 1 aromatic carbocycles. The second kappa shape index (κ2) is 4.96. The molecule has 1 fully saturated rings. The molecule has 2 N–H and O–H groups in total. The maximum atomic E-state index is 12.4. The molecule has 2 aromatic rings. The van der Waals surface area contributed by atoms with E-state index in [9.17, 15) is 9.59 Å². The SMILES string of the molecule is O=C(O)[C@@H]1CCCN(C(=O)c2ccc3[nH]ncc3c2)C1. The van der Waals surface area contributed by atoms with Crippen molar-refractivity contribution in [2.45, 2.75) is 12.8 Å². The van der Waals surface area contributed by atoms with Crippen molar-refractivity contribution < 1.29 is 14.7 Å². The molecule has 0 spiro atoms. The number of H-pyrrole nitrogens is 1. The van der Waals surface area contributed by atoms with Crippen molar-refractivity contribution in [3.05, 3.63) is 30.0 Å². The summed E-state index contributed by atoms with van der Waals surface area (Å²) < 4.78 is 0. The van der Waals surface area contributed by atoms with E-state index in [0.29, 0.717) is 18.5 Å². The molecule has 1 saturated heterocycles. The van der Waals surface area contributed by atoms with Gasteiger partial charge in [-0.3, -0.25) is 14.7 Å². The van der Waals surface area contributed by atoms with Gasteiger partial charge in [-0.15, -0.1) is 0 Å². The number of hydrogen-bond acceptors (Lipinski definition) is 3. The number of carbonyl (C=O) groups is 2. The smallest absolute Gasteiger partial charge is 0.308 e. The number of carboxylic acid groups (broad SMARTS) is 1. The Kier molecular flexibility index (Phi) is 3.14. The van der Waals surface area contributed by atoms with Gasteiger partial charge in [-0.2, -0.15) is 5.10 Å². The highest BCUT2D eigenvalue weighted by Crippen LogP contribution is 2.20. The van der Waals surface area contributed by atoms with Crippen LogP contribution in [0.2, 0.25) is 0 Å². The summed E-state index contributed by atoms with van der Waals surface area (Å²) in [4.78, 5) is 25.1. The van der Waals surface area contributed by atoms with E-state index in [2.05, 4.69) is 10.2 Å². The van der Waals surface area contributed by atoms with Crippen molar-refractivity contribution >= 4 is 22.8 Å². The number of piperidine rings is 1. The Balaban J connectivity index is 1.82. The van der Waals surface area contributed by atoms with Crippen molar-refractivity contribution in [3.63, 3.8) is 0 Å². The van der Waals surface area contributed by atoms with Crippen molar-refractivity contribution in [2.75, 3.05) is 13.1 Å². The first-order valence-electron chi connectivity index (χ1n) is 6.60. The fourth-order valence-corrected chi connectivity index (χ4v) is 2.62. The molecule has 1 aliphatic heterocycles. The summed E-state index contributed by atoms with van der Waals surface area (Å²) in [5.74, 6) is -1.39. The molecule has 3 rings (SSSR count). The highest BCUT2D eigenvalue weighted by atomic mass is 16.4. The number of amides is 1. The summed E-state index contributed by atoms with van der Waals surface area (Å²) in [6.45, 7) is 0.906. The van der Waals surface area contributed by atoms with Gasteiger partial charge < -0.3 is 10.0 Å². The van der Waals surface area contributed by atoms with Crippen LogP contribution in [0.5, 0.6) is 0 Å². The molecular formula is C14H15N3O3. The van der Waals surface area contributed by atoms with Crippen molar-refractivity contribution in [1.82, 2.24) is 15.1 Å². The molecule has 0 bridgehead atoms. The molecule has 0 saturated carbocycles. The van der Waals surface area contributed by atoms with Gasteiger partial charge in [-0.1, -0.05) is 0 Å². The monoisotopic (exact) mass is 273 g/mol. The number of carboxylic acids is 1. The van der Waals surface area contributed by atoms with Gasteiger partial charge in [-0.05, 0) is 31.0 Å². The van der Waals surface area contributed by atoms with Crippen LogP contribution in [0.15, 0.2) is 24.4 Å². The maximum Gasteiger partial charge on any atom is 0.308 e. The number of likely N-dealkylation sites (tertiary alicyclic amines) is 1. The van der Waals surface area contributed by atoms with Crippen LogP contribution in [0.1, 0.15) is 23.2 Å². The maximum absolute atomic E-state index is 12.4. The Morgan fingerprint density at radius 2 is 2.25 bits per heavy atom. The summed E-state index contributed by atoms with van der Waals surface area (Å²) in [7, 11) is 0. The number of aromatic nitrogens is 2. The van der Waals surface area contributed by atoms with Gasteiger partial charge >= 0.3 is 5.97 Å². The second-order valence-corrected chi connectivity index (χ2v) is 5.10.